The van der Waals surface area contributed by atoms with E-state index in [2.05, 4.69) is 0 Å². The van der Waals surface area contributed by atoms with Crippen molar-refractivity contribution in [2.75, 3.05) is 26.2 Å². The molecule has 0 spiro atoms. The van der Waals surface area contributed by atoms with Crippen molar-refractivity contribution in [2.45, 2.75) is 32.1 Å². The van der Waals surface area contributed by atoms with Crippen LogP contribution in [0.3, 0.4) is 0 Å². The number of nitro benzene ring substituents is 1. The first-order valence-electron chi connectivity index (χ1n) is 8.89. The molecule has 25 heavy (non-hydrogen) atoms. The van der Waals surface area contributed by atoms with E-state index in [1.807, 2.05) is 4.90 Å². The van der Waals surface area contributed by atoms with Crippen LogP contribution in [0.4, 0.5) is 5.69 Å². The molecule has 2 saturated heterocycles. The quantitative estimate of drug-likeness (QED) is 0.622. The number of rotatable bonds is 3. The van der Waals surface area contributed by atoms with E-state index >= 15 is 0 Å². The Hall–Kier alpha value is -2.44. The Bertz CT molecular complexity index is 653. The van der Waals surface area contributed by atoms with Crippen molar-refractivity contribution < 1.29 is 14.5 Å². The van der Waals surface area contributed by atoms with Crippen molar-refractivity contribution in [1.29, 1.82) is 0 Å². The summed E-state index contributed by atoms with van der Waals surface area (Å²) < 4.78 is 0. The number of hydrogen-bond donors (Lipinski definition) is 0. The average Bonchev–Trinajstić information content (AvgIpc) is 2.67. The summed E-state index contributed by atoms with van der Waals surface area (Å²) in [4.78, 5) is 39.2. The lowest BCUT2D eigenvalue weighted by Gasteiger charge is -2.36. The highest BCUT2D eigenvalue weighted by molar-refractivity contribution is 5.95. The summed E-state index contributed by atoms with van der Waals surface area (Å²) in [7, 11) is 0. The van der Waals surface area contributed by atoms with E-state index in [9.17, 15) is 19.7 Å². The summed E-state index contributed by atoms with van der Waals surface area (Å²) in [6.07, 6.45) is 4.93. The second kappa shape index (κ2) is 7.63. The molecule has 7 heteroatoms. The second-order valence-electron chi connectivity index (χ2n) is 6.78. The molecular formula is C18H23N3O4. The molecule has 2 amide bonds. The molecule has 2 aliphatic rings. The topological polar surface area (TPSA) is 83.8 Å². The predicted molar refractivity (Wildman–Crippen MR) is 92.2 cm³/mol. The van der Waals surface area contributed by atoms with E-state index in [0.29, 0.717) is 18.7 Å². The summed E-state index contributed by atoms with van der Waals surface area (Å²) in [6, 6.07) is 5.65. The fourth-order valence-corrected chi connectivity index (χ4v) is 3.64. The number of hydrogen-bond acceptors (Lipinski definition) is 4. The maximum Gasteiger partial charge on any atom is 0.269 e. The number of carbonyl (C=O) groups excluding carboxylic acids is 2. The molecule has 2 heterocycles. The summed E-state index contributed by atoms with van der Waals surface area (Å²) >= 11 is 0. The lowest BCUT2D eigenvalue weighted by molar-refractivity contribution is -0.384. The first-order chi connectivity index (χ1) is 12.1. The molecule has 2 aliphatic heterocycles. The smallest absolute Gasteiger partial charge is 0.269 e. The van der Waals surface area contributed by atoms with Gasteiger partial charge in [-0.2, -0.15) is 0 Å². The molecule has 0 unspecified atom stereocenters. The molecule has 0 aromatic heterocycles. The van der Waals surface area contributed by atoms with Crippen LogP contribution in [0.5, 0.6) is 0 Å². The minimum Gasteiger partial charge on any atom is -0.342 e. The van der Waals surface area contributed by atoms with Crippen molar-refractivity contribution in [2.24, 2.45) is 5.92 Å². The highest BCUT2D eigenvalue weighted by atomic mass is 16.6. The zero-order valence-corrected chi connectivity index (χ0v) is 14.2. The van der Waals surface area contributed by atoms with Crippen LogP contribution in [0.1, 0.15) is 42.5 Å². The third-order valence-electron chi connectivity index (χ3n) is 5.05. The number of carbonyl (C=O) groups is 2. The second-order valence-corrected chi connectivity index (χ2v) is 6.78. The van der Waals surface area contributed by atoms with Crippen LogP contribution in [0, 0.1) is 16.0 Å². The SMILES string of the molecule is O=C(c1ccc([N+](=O)[O-])cc1)N1CCC[C@@H](C(=O)N2CCCCC2)C1. The van der Waals surface area contributed by atoms with E-state index < -0.39 is 4.92 Å². The Labute approximate surface area is 146 Å². The van der Waals surface area contributed by atoms with Gasteiger partial charge in [0, 0.05) is 43.9 Å². The molecule has 1 aromatic rings. The standard InChI is InChI=1S/C18H23N3O4/c22-17(14-6-8-16(9-7-14)21(24)25)20-12-4-5-15(13-20)18(23)19-10-2-1-3-11-19/h6-9,15H,1-5,10-13H2/t15-/m1/s1. The largest absolute Gasteiger partial charge is 0.342 e. The number of nitro groups is 1. The van der Waals surface area contributed by atoms with Gasteiger partial charge in [0.1, 0.15) is 0 Å². The number of nitrogens with zero attached hydrogens (tertiary/aromatic N) is 3. The highest BCUT2D eigenvalue weighted by Gasteiger charge is 2.32. The lowest BCUT2D eigenvalue weighted by Crippen LogP contribution is -2.47. The monoisotopic (exact) mass is 345 g/mol. The van der Waals surface area contributed by atoms with E-state index in [4.69, 9.17) is 0 Å². The van der Waals surface area contributed by atoms with Gasteiger partial charge in [-0.3, -0.25) is 19.7 Å². The van der Waals surface area contributed by atoms with Gasteiger partial charge in [0.2, 0.25) is 5.91 Å². The van der Waals surface area contributed by atoms with E-state index in [1.54, 1.807) is 4.90 Å². The minimum absolute atomic E-state index is 0.0339. The summed E-state index contributed by atoms with van der Waals surface area (Å²) in [6.45, 7) is 2.71. The number of non-ortho nitro benzene ring substituents is 1. The van der Waals surface area contributed by atoms with Crippen LogP contribution >= 0.6 is 0 Å². The number of amides is 2. The highest BCUT2D eigenvalue weighted by Crippen LogP contribution is 2.23. The summed E-state index contributed by atoms with van der Waals surface area (Å²) in [5.41, 5.74) is 0.394. The van der Waals surface area contributed by atoms with E-state index in [0.717, 1.165) is 38.8 Å². The van der Waals surface area contributed by atoms with Gasteiger partial charge in [-0.25, -0.2) is 0 Å². The van der Waals surface area contributed by atoms with Crippen LogP contribution in [-0.4, -0.2) is 52.7 Å². The van der Waals surface area contributed by atoms with Crippen LogP contribution in [-0.2, 0) is 4.79 Å². The molecule has 2 fully saturated rings. The first-order valence-corrected chi connectivity index (χ1v) is 8.89. The molecule has 0 bridgehead atoms. The van der Waals surface area contributed by atoms with Crippen molar-refractivity contribution in [3.63, 3.8) is 0 Å². The van der Waals surface area contributed by atoms with Gasteiger partial charge in [-0.1, -0.05) is 0 Å². The Morgan fingerprint density at radius 1 is 0.960 bits per heavy atom. The fraction of sp³-hybridized carbons (Fsp3) is 0.556. The fourth-order valence-electron chi connectivity index (χ4n) is 3.64. The number of benzene rings is 1. The van der Waals surface area contributed by atoms with Crippen LogP contribution < -0.4 is 0 Å². The number of piperidine rings is 2. The zero-order chi connectivity index (χ0) is 17.8. The van der Waals surface area contributed by atoms with Crippen molar-refractivity contribution in [1.82, 2.24) is 9.80 Å². The Kier molecular flexibility index (Phi) is 5.31. The molecule has 0 radical (unpaired) electrons. The van der Waals surface area contributed by atoms with Gasteiger partial charge >= 0.3 is 0 Å². The van der Waals surface area contributed by atoms with Crippen molar-refractivity contribution in [3.8, 4) is 0 Å². The van der Waals surface area contributed by atoms with Gasteiger partial charge in [-0.15, -0.1) is 0 Å². The summed E-state index contributed by atoms with van der Waals surface area (Å²) in [5, 5.41) is 10.7. The van der Waals surface area contributed by atoms with E-state index in [-0.39, 0.29) is 23.4 Å². The van der Waals surface area contributed by atoms with Gasteiger partial charge in [0.25, 0.3) is 11.6 Å². The Morgan fingerprint density at radius 3 is 2.24 bits per heavy atom. The molecule has 7 nitrogen and oxygen atoms in total. The van der Waals surface area contributed by atoms with Gasteiger partial charge < -0.3 is 9.80 Å². The maximum absolute atomic E-state index is 12.7. The zero-order valence-electron chi connectivity index (χ0n) is 14.2. The van der Waals surface area contributed by atoms with Crippen LogP contribution in [0.2, 0.25) is 0 Å². The number of likely N-dealkylation sites (tertiary alicyclic amines) is 2. The van der Waals surface area contributed by atoms with Gasteiger partial charge in [0.15, 0.2) is 0 Å². The van der Waals surface area contributed by atoms with Gasteiger partial charge in [0.05, 0.1) is 10.8 Å². The molecule has 1 atom stereocenters. The molecule has 0 saturated carbocycles. The van der Waals surface area contributed by atoms with Crippen LogP contribution in [0.25, 0.3) is 0 Å². The Balaban J connectivity index is 1.64. The van der Waals surface area contributed by atoms with Crippen LogP contribution in [0.15, 0.2) is 24.3 Å². The third-order valence-corrected chi connectivity index (χ3v) is 5.05. The average molecular weight is 345 g/mol. The Morgan fingerprint density at radius 2 is 1.60 bits per heavy atom. The first kappa shape index (κ1) is 17.4. The van der Waals surface area contributed by atoms with E-state index in [1.165, 1.54) is 30.7 Å². The molecule has 3 rings (SSSR count). The van der Waals surface area contributed by atoms with Crippen molar-refractivity contribution >= 4 is 17.5 Å². The normalized spacial score (nSPS) is 21.0. The van der Waals surface area contributed by atoms with Gasteiger partial charge in [-0.05, 0) is 44.2 Å². The third kappa shape index (κ3) is 3.97. The predicted octanol–water partition coefficient (Wildman–Crippen LogP) is 2.46. The molecule has 134 valence electrons. The van der Waals surface area contributed by atoms with Crippen molar-refractivity contribution in [3.05, 3.63) is 39.9 Å². The maximum atomic E-state index is 12.7. The molecular weight excluding hydrogens is 322 g/mol. The molecule has 0 aliphatic carbocycles. The minimum atomic E-state index is -0.484. The lowest BCUT2D eigenvalue weighted by atomic mass is 9.95. The molecule has 0 N–H and O–H groups in total. The summed E-state index contributed by atoms with van der Waals surface area (Å²) in [5.74, 6) is -0.124. The molecule has 1 aromatic carbocycles.